The molecule has 0 saturated heterocycles. The summed E-state index contributed by atoms with van der Waals surface area (Å²) in [5.41, 5.74) is 1.18. The molecule has 0 aliphatic heterocycles. The molecule has 2 aromatic heterocycles. The van der Waals surface area contributed by atoms with E-state index in [4.69, 9.17) is 14.2 Å². The Hall–Kier alpha value is -4.06. The van der Waals surface area contributed by atoms with E-state index in [9.17, 15) is 13.2 Å². The van der Waals surface area contributed by atoms with E-state index in [0.717, 1.165) is 6.42 Å². The Kier molecular flexibility index (Phi) is 8.67. The lowest BCUT2D eigenvalue weighted by Crippen LogP contribution is -2.17. The van der Waals surface area contributed by atoms with Gasteiger partial charge in [0.05, 0.1) is 42.2 Å². The predicted molar refractivity (Wildman–Crippen MR) is 153 cm³/mol. The summed E-state index contributed by atoms with van der Waals surface area (Å²) >= 11 is 0. The van der Waals surface area contributed by atoms with Crippen LogP contribution in [0, 0.1) is 12.8 Å². The van der Waals surface area contributed by atoms with Gasteiger partial charge in [-0.1, -0.05) is 20.8 Å². The van der Waals surface area contributed by atoms with Crippen LogP contribution >= 0.6 is 0 Å². The fourth-order valence-corrected chi connectivity index (χ4v) is 5.28. The summed E-state index contributed by atoms with van der Waals surface area (Å²) in [4.78, 5) is 20.3. The van der Waals surface area contributed by atoms with Gasteiger partial charge in [-0.05, 0) is 56.5 Å². The third-order valence-corrected chi connectivity index (χ3v) is 7.40. The lowest BCUT2D eigenvalue weighted by Gasteiger charge is -2.15. The number of aromatic nitrogens is 4. The Morgan fingerprint density at radius 2 is 1.80 bits per heavy atom. The van der Waals surface area contributed by atoms with Gasteiger partial charge in [0.2, 0.25) is 0 Å². The molecule has 4 aromatic rings. The van der Waals surface area contributed by atoms with Gasteiger partial charge in [-0.2, -0.15) is 0 Å². The molecule has 2 aromatic carbocycles. The highest BCUT2D eigenvalue weighted by atomic mass is 32.2. The van der Waals surface area contributed by atoms with Gasteiger partial charge in [-0.15, -0.1) is 5.10 Å². The molecule has 4 rings (SSSR count). The van der Waals surface area contributed by atoms with Crippen molar-refractivity contribution in [3.8, 4) is 28.6 Å². The van der Waals surface area contributed by atoms with Crippen LogP contribution in [0.2, 0.25) is 0 Å². The number of sulfonamides is 1. The lowest BCUT2D eigenvalue weighted by atomic mass is 10.2. The molecular formula is C28H35N5O6S. The average Bonchev–Trinajstić information content (AvgIpc) is 3.23. The molecule has 0 amide bonds. The second kappa shape index (κ2) is 12.0. The number of aromatic amines is 1. The number of methoxy groups -OCH3 is 1. The number of imidazole rings is 1. The summed E-state index contributed by atoms with van der Waals surface area (Å²) in [5, 5.41) is 4.63. The number of fused-ring (bicyclic) bond motifs is 1. The van der Waals surface area contributed by atoms with Crippen molar-refractivity contribution < 1.29 is 22.6 Å². The van der Waals surface area contributed by atoms with Crippen LogP contribution in [0.3, 0.4) is 0 Å². The quantitative estimate of drug-likeness (QED) is 0.253. The van der Waals surface area contributed by atoms with Crippen molar-refractivity contribution in [2.24, 2.45) is 5.92 Å². The molecule has 0 saturated carbocycles. The van der Waals surface area contributed by atoms with Crippen LogP contribution in [0.4, 0.5) is 5.69 Å². The van der Waals surface area contributed by atoms with Gasteiger partial charge in [-0.3, -0.25) is 9.52 Å². The van der Waals surface area contributed by atoms with Crippen LogP contribution in [0.5, 0.6) is 17.2 Å². The Balaban J connectivity index is 1.75. The SMILES string of the molecule is CCCc1nc(C)c2c(=O)[nH]c(-c3cc(S(=O)(=O)Nc4ccc(OCC(C)C)c(OC)c4)ccc3OCC)nn12. The van der Waals surface area contributed by atoms with Crippen molar-refractivity contribution in [3.05, 3.63) is 58.3 Å². The van der Waals surface area contributed by atoms with Crippen LogP contribution in [0.15, 0.2) is 46.1 Å². The number of ether oxygens (including phenoxy) is 3. The van der Waals surface area contributed by atoms with Crippen LogP contribution in [-0.2, 0) is 16.4 Å². The van der Waals surface area contributed by atoms with Crippen molar-refractivity contribution in [2.45, 2.75) is 52.4 Å². The average molecular weight is 570 g/mol. The number of H-pyrrole nitrogens is 1. The van der Waals surface area contributed by atoms with E-state index in [2.05, 4.69) is 19.8 Å². The first-order chi connectivity index (χ1) is 19.1. The molecule has 12 heteroatoms. The maximum Gasteiger partial charge on any atom is 0.277 e. The van der Waals surface area contributed by atoms with Crippen molar-refractivity contribution in [1.29, 1.82) is 0 Å². The van der Waals surface area contributed by atoms with Crippen molar-refractivity contribution in [1.82, 2.24) is 19.6 Å². The Morgan fingerprint density at radius 1 is 1.05 bits per heavy atom. The minimum absolute atomic E-state index is 0.0385. The van der Waals surface area contributed by atoms with E-state index < -0.39 is 10.0 Å². The number of rotatable bonds is 12. The van der Waals surface area contributed by atoms with Crippen LogP contribution in [0.25, 0.3) is 16.9 Å². The van der Waals surface area contributed by atoms with Gasteiger partial charge in [0.1, 0.15) is 11.6 Å². The molecule has 0 spiro atoms. The van der Waals surface area contributed by atoms with E-state index >= 15 is 0 Å². The number of hydrogen-bond acceptors (Lipinski definition) is 8. The zero-order chi connectivity index (χ0) is 29.0. The lowest BCUT2D eigenvalue weighted by molar-refractivity contribution is 0.257. The van der Waals surface area contributed by atoms with Gasteiger partial charge in [0, 0.05) is 12.5 Å². The van der Waals surface area contributed by atoms with Crippen molar-refractivity contribution in [2.75, 3.05) is 25.0 Å². The second-order valence-electron chi connectivity index (χ2n) is 9.69. The fourth-order valence-electron chi connectivity index (χ4n) is 4.21. The minimum atomic E-state index is -4.05. The third kappa shape index (κ3) is 6.06. The first-order valence-electron chi connectivity index (χ1n) is 13.2. The van der Waals surface area contributed by atoms with Gasteiger partial charge >= 0.3 is 0 Å². The van der Waals surface area contributed by atoms with Gasteiger partial charge in [-0.25, -0.2) is 17.9 Å². The number of nitrogens with zero attached hydrogens (tertiary/aromatic N) is 3. The maximum atomic E-state index is 13.4. The highest BCUT2D eigenvalue weighted by molar-refractivity contribution is 7.92. The zero-order valence-corrected chi connectivity index (χ0v) is 24.4. The molecule has 0 fully saturated rings. The molecule has 0 atom stereocenters. The van der Waals surface area contributed by atoms with E-state index in [0.29, 0.717) is 71.1 Å². The van der Waals surface area contributed by atoms with E-state index in [-0.39, 0.29) is 16.3 Å². The number of hydrogen-bond donors (Lipinski definition) is 2. The Bertz CT molecular complexity index is 1680. The molecule has 2 N–H and O–H groups in total. The van der Waals surface area contributed by atoms with Gasteiger partial charge in [0.15, 0.2) is 22.8 Å². The summed E-state index contributed by atoms with van der Waals surface area (Å²) in [6.45, 7) is 10.5. The number of anilines is 1. The normalized spacial score (nSPS) is 11.7. The predicted octanol–water partition coefficient (Wildman–Crippen LogP) is 4.59. The molecule has 214 valence electrons. The Labute approximate surface area is 233 Å². The summed E-state index contributed by atoms with van der Waals surface area (Å²) in [5.74, 6) is 2.44. The van der Waals surface area contributed by atoms with Crippen LogP contribution in [0.1, 0.15) is 45.6 Å². The highest BCUT2D eigenvalue weighted by Crippen LogP contribution is 2.33. The number of nitrogens with one attached hydrogen (secondary N) is 2. The molecule has 0 unspecified atom stereocenters. The van der Waals surface area contributed by atoms with Gasteiger partial charge in [0.25, 0.3) is 15.6 Å². The topological polar surface area (TPSA) is 137 Å². The van der Waals surface area contributed by atoms with E-state index in [1.807, 2.05) is 27.7 Å². The van der Waals surface area contributed by atoms with Crippen molar-refractivity contribution in [3.63, 3.8) is 0 Å². The van der Waals surface area contributed by atoms with Gasteiger partial charge < -0.3 is 19.2 Å². The molecule has 2 heterocycles. The summed E-state index contributed by atoms with van der Waals surface area (Å²) in [7, 11) is -2.55. The molecule has 0 radical (unpaired) electrons. The zero-order valence-electron chi connectivity index (χ0n) is 23.6. The standard InChI is InChI=1S/C28H35N5O6S/c1-7-9-25-29-18(5)26-28(34)30-27(31-33(25)26)21-15-20(11-13-22(21)38-8-2)40(35,36)32-19-10-12-23(24(14-19)37-6)39-16-17(3)4/h10-15,17,32H,7-9,16H2,1-6H3,(H,30,31,34). The monoisotopic (exact) mass is 569 g/mol. The first kappa shape index (κ1) is 28.9. The molecular weight excluding hydrogens is 534 g/mol. The molecule has 0 bridgehead atoms. The number of aryl methyl sites for hydroxylation is 2. The summed E-state index contributed by atoms with van der Waals surface area (Å²) in [6.07, 6.45) is 1.45. The smallest absolute Gasteiger partial charge is 0.277 e. The first-order valence-corrected chi connectivity index (χ1v) is 14.7. The van der Waals surface area contributed by atoms with Crippen LogP contribution in [-0.4, -0.2) is 48.3 Å². The van der Waals surface area contributed by atoms with Crippen molar-refractivity contribution >= 4 is 21.2 Å². The fraction of sp³-hybridized carbons (Fsp3) is 0.393. The van der Waals surface area contributed by atoms with E-state index in [1.54, 1.807) is 31.2 Å². The summed E-state index contributed by atoms with van der Waals surface area (Å²) < 4.78 is 47.9. The minimum Gasteiger partial charge on any atom is -0.493 e. The van der Waals surface area contributed by atoms with E-state index in [1.165, 1.54) is 23.8 Å². The molecule has 0 aliphatic rings. The maximum absolute atomic E-state index is 13.4. The molecule has 11 nitrogen and oxygen atoms in total. The summed E-state index contributed by atoms with van der Waals surface area (Å²) in [6, 6.07) is 9.24. The molecule has 40 heavy (non-hydrogen) atoms. The highest BCUT2D eigenvalue weighted by Gasteiger charge is 2.22. The second-order valence-corrected chi connectivity index (χ2v) is 11.4. The number of benzene rings is 2. The van der Waals surface area contributed by atoms with Crippen LogP contribution < -0.4 is 24.5 Å². The third-order valence-electron chi connectivity index (χ3n) is 6.02. The largest absolute Gasteiger partial charge is 0.493 e. The molecule has 0 aliphatic carbocycles. The Morgan fingerprint density at radius 3 is 2.48 bits per heavy atom.